The van der Waals surface area contributed by atoms with Crippen LogP contribution in [0, 0.1) is 0 Å². The van der Waals surface area contributed by atoms with Gasteiger partial charge >= 0.3 is 5.97 Å². The number of hydrogen-bond donors (Lipinski definition) is 0. The van der Waals surface area contributed by atoms with Crippen molar-refractivity contribution in [1.82, 2.24) is 0 Å². The van der Waals surface area contributed by atoms with Crippen LogP contribution in [0.15, 0.2) is 24.3 Å². The first-order valence-corrected chi connectivity index (χ1v) is 6.05. The predicted molar refractivity (Wildman–Crippen MR) is 67.4 cm³/mol. The standard InChI is InChI=1S/C13H17ClO3/c1-3-4-5-12(13(15)16-2)17-11-8-6-10(14)7-9-11/h6-9,12H,3-5H2,1-2H3. The number of esters is 1. The highest BCUT2D eigenvalue weighted by atomic mass is 35.5. The summed E-state index contributed by atoms with van der Waals surface area (Å²) in [6.45, 7) is 2.07. The van der Waals surface area contributed by atoms with Crippen molar-refractivity contribution in [3.63, 3.8) is 0 Å². The van der Waals surface area contributed by atoms with Gasteiger partial charge in [0.05, 0.1) is 7.11 Å². The maximum Gasteiger partial charge on any atom is 0.347 e. The van der Waals surface area contributed by atoms with Crippen LogP contribution in [0.4, 0.5) is 0 Å². The number of methoxy groups -OCH3 is 1. The van der Waals surface area contributed by atoms with Crippen molar-refractivity contribution in [2.75, 3.05) is 7.11 Å². The summed E-state index contributed by atoms with van der Waals surface area (Å²) in [7, 11) is 1.37. The van der Waals surface area contributed by atoms with E-state index in [4.69, 9.17) is 21.1 Å². The highest BCUT2D eigenvalue weighted by molar-refractivity contribution is 6.30. The Morgan fingerprint density at radius 2 is 2.00 bits per heavy atom. The summed E-state index contributed by atoms with van der Waals surface area (Å²) in [5.74, 6) is 0.286. The van der Waals surface area contributed by atoms with Gasteiger partial charge in [-0.3, -0.25) is 0 Å². The van der Waals surface area contributed by atoms with E-state index in [1.54, 1.807) is 24.3 Å². The first kappa shape index (κ1) is 13.8. The molecule has 0 aliphatic heterocycles. The van der Waals surface area contributed by atoms with Gasteiger partial charge in [-0.1, -0.05) is 24.9 Å². The smallest absolute Gasteiger partial charge is 0.347 e. The molecule has 1 aromatic rings. The number of rotatable bonds is 6. The summed E-state index contributed by atoms with van der Waals surface area (Å²) in [4.78, 5) is 11.5. The topological polar surface area (TPSA) is 35.5 Å². The SMILES string of the molecule is CCCCC(Oc1ccc(Cl)cc1)C(=O)OC. The lowest BCUT2D eigenvalue weighted by Crippen LogP contribution is -2.28. The second-order valence-corrected chi connectivity index (χ2v) is 4.16. The van der Waals surface area contributed by atoms with Crippen LogP contribution >= 0.6 is 11.6 Å². The van der Waals surface area contributed by atoms with Gasteiger partial charge in [0.15, 0.2) is 6.10 Å². The molecule has 0 amide bonds. The molecule has 1 atom stereocenters. The average molecular weight is 257 g/mol. The molecule has 1 rings (SSSR count). The Morgan fingerprint density at radius 1 is 1.35 bits per heavy atom. The van der Waals surface area contributed by atoms with E-state index < -0.39 is 6.10 Å². The van der Waals surface area contributed by atoms with Crippen LogP contribution in [0.25, 0.3) is 0 Å². The first-order chi connectivity index (χ1) is 8.17. The first-order valence-electron chi connectivity index (χ1n) is 5.67. The fourth-order valence-electron chi connectivity index (χ4n) is 1.42. The Bertz CT molecular complexity index is 348. The summed E-state index contributed by atoms with van der Waals surface area (Å²) in [5, 5.41) is 0.639. The lowest BCUT2D eigenvalue weighted by Gasteiger charge is -2.16. The van der Waals surface area contributed by atoms with E-state index in [0.717, 1.165) is 12.8 Å². The van der Waals surface area contributed by atoms with Gasteiger partial charge in [0, 0.05) is 5.02 Å². The fraction of sp³-hybridized carbons (Fsp3) is 0.462. The van der Waals surface area contributed by atoms with Crippen LogP contribution in [0.5, 0.6) is 5.75 Å². The van der Waals surface area contributed by atoms with Gasteiger partial charge in [0.2, 0.25) is 0 Å². The molecule has 3 nitrogen and oxygen atoms in total. The summed E-state index contributed by atoms with van der Waals surface area (Å²) in [6, 6.07) is 6.94. The number of hydrogen-bond acceptors (Lipinski definition) is 3. The monoisotopic (exact) mass is 256 g/mol. The number of carbonyl (C=O) groups excluding carboxylic acids is 1. The predicted octanol–water partition coefficient (Wildman–Crippen LogP) is 3.45. The Kier molecular flexibility index (Phi) is 5.84. The molecule has 0 saturated heterocycles. The average Bonchev–Trinajstić information content (AvgIpc) is 2.36. The molecule has 1 unspecified atom stereocenters. The van der Waals surface area contributed by atoms with Crippen LogP contribution in [-0.4, -0.2) is 19.2 Å². The van der Waals surface area contributed by atoms with Gasteiger partial charge < -0.3 is 9.47 Å². The van der Waals surface area contributed by atoms with Crippen molar-refractivity contribution in [2.45, 2.75) is 32.3 Å². The molecule has 94 valence electrons. The Morgan fingerprint density at radius 3 is 2.53 bits per heavy atom. The van der Waals surface area contributed by atoms with Crippen molar-refractivity contribution in [3.8, 4) is 5.75 Å². The van der Waals surface area contributed by atoms with Crippen LogP contribution < -0.4 is 4.74 Å². The molecule has 1 aromatic carbocycles. The molecule has 0 radical (unpaired) electrons. The molecule has 4 heteroatoms. The van der Waals surface area contributed by atoms with Gasteiger partial charge in [0.25, 0.3) is 0 Å². The Balaban J connectivity index is 2.64. The number of ether oxygens (including phenoxy) is 2. The van der Waals surface area contributed by atoms with E-state index in [1.165, 1.54) is 7.11 Å². The second-order valence-electron chi connectivity index (χ2n) is 3.73. The zero-order valence-electron chi connectivity index (χ0n) is 10.1. The van der Waals surface area contributed by atoms with Gasteiger partial charge in [-0.05, 0) is 37.1 Å². The van der Waals surface area contributed by atoms with Crippen LogP contribution in [0.3, 0.4) is 0 Å². The summed E-state index contributed by atoms with van der Waals surface area (Å²) in [6.07, 6.45) is 2.05. The largest absolute Gasteiger partial charge is 0.479 e. The molecule has 0 saturated carbocycles. The normalized spacial score (nSPS) is 11.9. The molecule has 0 fully saturated rings. The molecule has 0 aromatic heterocycles. The lowest BCUT2D eigenvalue weighted by atomic mass is 10.1. The van der Waals surface area contributed by atoms with Crippen molar-refractivity contribution < 1.29 is 14.3 Å². The molecule has 0 bridgehead atoms. The number of benzene rings is 1. The Labute approximate surface area is 107 Å². The minimum atomic E-state index is -0.541. The minimum Gasteiger partial charge on any atom is -0.479 e. The third-order valence-corrected chi connectivity index (χ3v) is 2.63. The molecular formula is C13H17ClO3. The van der Waals surface area contributed by atoms with Gasteiger partial charge in [-0.15, -0.1) is 0 Å². The van der Waals surface area contributed by atoms with Crippen molar-refractivity contribution in [1.29, 1.82) is 0 Å². The molecular weight excluding hydrogens is 240 g/mol. The van der Waals surface area contributed by atoms with E-state index in [-0.39, 0.29) is 5.97 Å². The van der Waals surface area contributed by atoms with Crippen LogP contribution in [0.2, 0.25) is 5.02 Å². The van der Waals surface area contributed by atoms with Gasteiger partial charge in [0.1, 0.15) is 5.75 Å². The number of unbranched alkanes of at least 4 members (excludes halogenated alkanes) is 1. The van der Waals surface area contributed by atoms with Crippen LogP contribution in [-0.2, 0) is 9.53 Å². The minimum absolute atomic E-state index is 0.339. The third-order valence-electron chi connectivity index (χ3n) is 2.38. The van der Waals surface area contributed by atoms with Gasteiger partial charge in [-0.25, -0.2) is 4.79 Å². The highest BCUT2D eigenvalue weighted by Gasteiger charge is 2.20. The second kappa shape index (κ2) is 7.17. The number of carbonyl (C=O) groups is 1. The maximum atomic E-state index is 11.5. The third kappa shape index (κ3) is 4.65. The van der Waals surface area contributed by atoms with E-state index in [1.807, 2.05) is 0 Å². The van der Waals surface area contributed by atoms with Crippen molar-refractivity contribution in [3.05, 3.63) is 29.3 Å². The van der Waals surface area contributed by atoms with E-state index in [9.17, 15) is 4.79 Å². The summed E-state index contributed by atoms with van der Waals surface area (Å²) in [5.41, 5.74) is 0. The zero-order chi connectivity index (χ0) is 12.7. The van der Waals surface area contributed by atoms with Gasteiger partial charge in [-0.2, -0.15) is 0 Å². The molecule has 0 N–H and O–H groups in total. The van der Waals surface area contributed by atoms with Crippen LogP contribution in [0.1, 0.15) is 26.2 Å². The van der Waals surface area contributed by atoms with Crippen molar-refractivity contribution >= 4 is 17.6 Å². The highest BCUT2D eigenvalue weighted by Crippen LogP contribution is 2.18. The van der Waals surface area contributed by atoms with E-state index in [0.29, 0.717) is 17.2 Å². The molecule has 0 spiro atoms. The molecule has 0 heterocycles. The Hall–Kier alpha value is -1.22. The maximum absolute atomic E-state index is 11.5. The zero-order valence-corrected chi connectivity index (χ0v) is 10.9. The summed E-state index contributed by atoms with van der Waals surface area (Å²) < 4.78 is 10.3. The summed E-state index contributed by atoms with van der Waals surface area (Å²) >= 11 is 5.77. The molecule has 0 aliphatic rings. The van der Waals surface area contributed by atoms with E-state index >= 15 is 0 Å². The molecule has 17 heavy (non-hydrogen) atoms. The van der Waals surface area contributed by atoms with E-state index in [2.05, 4.69) is 6.92 Å². The molecule has 0 aliphatic carbocycles. The van der Waals surface area contributed by atoms with Crippen molar-refractivity contribution in [2.24, 2.45) is 0 Å². The number of halogens is 1. The quantitative estimate of drug-likeness (QED) is 0.732. The lowest BCUT2D eigenvalue weighted by molar-refractivity contribution is -0.149. The fourth-order valence-corrected chi connectivity index (χ4v) is 1.55.